The fraction of sp³-hybridized carbons (Fsp3) is 0. The molecule has 0 saturated heterocycles. The van der Waals surface area contributed by atoms with Gasteiger partial charge >= 0.3 is 442 Å². The third-order valence-electron chi connectivity index (χ3n) is 15.3. The van der Waals surface area contributed by atoms with Gasteiger partial charge in [0.2, 0.25) is 0 Å². The predicted octanol–water partition coefficient (Wildman–Crippen LogP) is 12.0. The first-order valence-electron chi connectivity index (χ1n) is 25.3. The second-order valence-corrected chi connectivity index (χ2v) is 20.4. The van der Waals surface area contributed by atoms with Gasteiger partial charge in [-0.05, 0) is 0 Å². The summed E-state index contributed by atoms with van der Waals surface area (Å²) in [4.78, 5) is 7.37. The van der Waals surface area contributed by atoms with Crippen molar-refractivity contribution in [3.05, 3.63) is 261 Å². The van der Waals surface area contributed by atoms with Gasteiger partial charge in [0, 0.05) is 0 Å². The van der Waals surface area contributed by atoms with Crippen LogP contribution in [0.25, 0.3) is 38.6 Å². The molecule has 0 saturated carbocycles. The summed E-state index contributed by atoms with van der Waals surface area (Å²) in [7, 11) is 0. The molecule has 0 spiro atoms. The Morgan fingerprint density at radius 3 is 1.55 bits per heavy atom. The average molecular weight is 1010 g/mol. The van der Waals surface area contributed by atoms with Crippen LogP contribution >= 0.6 is 0 Å². The van der Waals surface area contributed by atoms with E-state index in [9.17, 15) is 0 Å². The summed E-state index contributed by atoms with van der Waals surface area (Å²) in [6, 6.07) is 95.0. The second-order valence-electron chi connectivity index (χ2n) is 19.3. The van der Waals surface area contributed by atoms with Gasteiger partial charge in [-0.15, -0.1) is 0 Å². The number of rotatable bonds is 7. The molecular weight excluding hydrogens is 965 g/mol. The van der Waals surface area contributed by atoms with E-state index in [0.29, 0.717) is 0 Å². The molecular formula is C66H44B2N4OSe. The molecule has 0 amide bonds. The molecule has 0 atom stereocenters. The summed E-state index contributed by atoms with van der Waals surface area (Å²) in [5.74, 6) is 0.878. The molecule has 8 heteroatoms. The van der Waals surface area contributed by atoms with Gasteiger partial charge in [0.1, 0.15) is 0 Å². The van der Waals surface area contributed by atoms with Crippen molar-refractivity contribution >= 4 is 134 Å². The van der Waals surface area contributed by atoms with Crippen LogP contribution in [-0.4, -0.2) is 34.2 Å². The van der Waals surface area contributed by atoms with Crippen molar-refractivity contribution in [2.75, 3.05) is 14.7 Å². The first kappa shape index (κ1) is 42.7. The molecule has 0 N–H and O–H groups in total. The zero-order valence-corrected chi connectivity index (χ0v) is 42.0. The van der Waals surface area contributed by atoms with Crippen LogP contribution in [0.4, 0.5) is 51.2 Å². The normalized spacial score (nSPS) is 12.9. The molecule has 0 radical (unpaired) electrons. The number of hydrogen-bond acceptors (Lipinski definition) is 4. The molecule has 3 aliphatic rings. The summed E-state index contributed by atoms with van der Waals surface area (Å²) in [5, 5.41) is 2.49. The van der Waals surface area contributed by atoms with Crippen molar-refractivity contribution in [2.24, 2.45) is 0 Å². The molecule has 11 aromatic carbocycles. The first-order chi connectivity index (χ1) is 36.7. The first-order valence-corrected chi connectivity index (χ1v) is 26.2. The Kier molecular flexibility index (Phi) is 9.87. The Hall–Kier alpha value is -8.93. The van der Waals surface area contributed by atoms with Crippen molar-refractivity contribution in [3.63, 3.8) is 0 Å². The van der Waals surface area contributed by atoms with Crippen LogP contribution < -0.4 is 51.1 Å². The Bertz CT molecular complexity index is 4080. The third-order valence-corrected chi connectivity index (χ3v) is 16.1. The van der Waals surface area contributed by atoms with E-state index in [1.165, 1.54) is 43.8 Å². The van der Waals surface area contributed by atoms with E-state index >= 15 is 0 Å². The number of fused-ring (bicyclic) bond motifs is 10. The molecule has 15 rings (SSSR count). The molecule has 12 aromatic rings. The molecule has 0 fully saturated rings. The van der Waals surface area contributed by atoms with E-state index in [1.807, 2.05) is 0 Å². The van der Waals surface area contributed by atoms with Crippen LogP contribution in [-0.2, 0) is 0 Å². The van der Waals surface area contributed by atoms with E-state index in [1.54, 1.807) is 0 Å². The number of aromatic nitrogens is 1. The van der Waals surface area contributed by atoms with Crippen molar-refractivity contribution in [1.82, 2.24) is 4.57 Å². The molecule has 0 bridgehead atoms. The minimum absolute atomic E-state index is 0.109. The summed E-state index contributed by atoms with van der Waals surface area (Å²) in [6.45, 7) is -0.490. The van der Waals surface area contributed by atoms with Crippen LogP contribution in [0, 0.1) is 0 Å². The topological polar surface area (TPSA) is 23.9 Å². The van der Waals surface area contributed by atoms with Gasteiger partial charge in [-0.25, -0.2) is 0 Å². The average Bonchev–Trinajstić information content (AvgIpc) is 3.87. The Morgan fingerprint density at radius 2 is 0.905 bits per heavy atom. The Labute approximate surface area is 439 Å². The maximum absolute atomic E-state index is 7.30. The van der Waals surface area contributed by atoms with E-state index in [0.717, 1.165) is 83.6 Å². The van der Waals surface area contributed by atoms with Gasteiger partial charge in [0.15, 0.2) is 0 Å². The molecule has 5 nitrogen and oxygen atoms in total. The van der Waals surface area contributed by atoms with Crippen LogP contribution in [0.5, 0.6) is 5.75 Å². The van der Waals surface area contributed by atoms with Crippen molar-refractivity contribution in [3.8, 4) is 22.6 Å². The Morgan fingerprint density at radius 1 is 0.365 bits per heavy atom. The van der Waals surface area contributed by atoms with Crippen molar-refractivity contribution in [2.45, 2.75) is 0 Å². The van der Waals surface area contributed by atoms with E-state index in [-0.39, 0.29) is 13.6 Å². The zero-order valence-electron chi connectivity index (χ0n) is 40.1. The summed E-state index contributed by atoms with van der Waals surface area (Å²) >= 11 is 2.93. The van der Waals surface area contributed by atoms with Gasteiger partial charge in [0.25, 0.3) is 0 Å². The molecule has 4 heterocycles. The third kappa shape index (κ3) is 6.59. The van der Waals surface area contributed by atoms with Crippen LogP contribution in [0.15, 0.2) is 261 Å². The molecule has 74 heavy (non-hydrogen) atoms. The molecule has 346 valence electrons. The monoisotopic (exact) mass is 1010 g/mol. The maximum atomic E-state index is 7.30. The van der Waals surface area contributed by atoms with Gasteiger partial charge in [-0.1, -0.05) is 0 Å². The number of anilines is 9. The summed E-state index contributed by atoms with van der Waals surface area (Å²) in [6.07, 6.45) is 0. The number of hydrogen-bond donors (Lipinski definition) is 0. The molecule has 0 aliphatic carbocycles. The van der Waals surface area contributed by atoms with Crippen LogP contribution in [0.3, 0.4) is 0 Å². The molecule has 0 unspecified atom stereocenters. The quantitative estimate of drug-likeness (QED) is 0.149. The van der Waals surface area contributed by atoms with Crippen LogP contribution in [0.1, 0.15) is 0 Å². The molecule has 3 aliphatic heterocycles. The fourth-order valence-corrected chi connectivity index (χ4v) is 12.8. The van der Waals surface area contributed by atoms with Gasteiger partial charge in [0.05, 0.1) is 0 Å². The SMILES string of the molecule is [SeH]c1cc2c(cc1B1Oc3ccccc3-c3cc(-n4c5ccccc5c5ccccc54)ccc31)B1c3ccccc3N(c3ccccc3)c3cc(N(c4ccccc4)c4ccccc4)cc(c31)N2c1ccccc1. The van der Waals surface area contributed by atoms with Crippen molar-refractivity contribution < 1.29 is 4.65 Å². The molecule has 1 aromatic heterocycles. The second kappa shape index (κ2) is 17.1. The number of para-hydroxylation sites is 8. The summed E-state index contributed by atoms with van der Waals surface area (Å²) < 4.78 is 10.8. The fourth-order valence-electron chi connectivity index (χ4n) is 12.2. The predicted molar refractivity (Wildman–Crippen MR) is 314 cm³/mol. The minimum atomic E-state index is -0.381. The van der Waals surface area contributed by atoms with Gasteiger partial charge in [-0.3, -0.25) is 0 Å². The van der Waals surface area contributed by atoms with Gasteiger partial charge in [-0.2, -0.15) is 0 Å². The van der Waals surface area contributed by atoms with Crippen LogP contribution in [0.2, 0.25) is 0 Å². The van der Waals surface area contributed by atoms with Gasteiger partial charge < -0.3 is 0 Å². The number of nitrogens with zero attached hydrogens (tertiary/aromatic N) is 4. The van der Waals surface area contributed by atoms with E-state index in [4.69, 9.17) is 4.65 Å². The van der Waals surface area contributed by atoms with E-state index < -0.39 is 0 Å². The van der Waals surface area contributed by atoms with E-state index in [2.05, 4.69) is 296 Å². The zero-order chi connectivity index (χ0) is 48.9. The Balaban J connectivity index is 0.976. The standard InChI is InChI=1S/C66H44B2N4OSe/c74-65-43-61-56(42-57(65)68-54-38-37-48(39-53(54)52-31-15-20-36-64(52)73-68)72-58-33-17-13-29-50(58)51-30-14-18-34-59(51)72)67-55-32-16-19-35-60(55)70(46-25-9-3-10-26-46)62-40-49(41-63(66(62)67)71(61)47-27-11-4-12-28-47)69(44-21-5-1-6-22-44)45-23-7-2-8-24-45/h1-43,74H. The van der Waals surface area contributed by atoms with Crippen molar-refractivity contribution in [1.29, 1.82) is 0 Å². The number of benzene rings is 11. The summed E-state index contributed by atoms with van der Waals surface area (Å²) in [5.41, 5.74) is 21.8.